The first-order chi connectivity index (χ1) is 8.79. The molecule has 0 fully saturated rings. The van der Waals surface area contributed by atoms with Crippen molar-refractivity contribution in [3.63, 3.8) is 0 Å². The van der Waals surface area contributed by atoms with E-state index in [1.807, 2.05) is 0 Å². The second-order valence-corrected chi connectivity index (χ2v) is 4.52. The summed E-state index contributed by atoms with van der Waals surface area (Å²) in [5.41, 5.74) is -0.682. The smallest absolute Gasteiger partial charge is 0.404 e. The molecule has 1 aromatic rings. The molecule has 0 saturated heterocycles. The number of anilines is 1. The van der Waals surface area contributed by atoms with Gasteiger partial charge in [0.15, 0.2) is 5.75 Å². The standard InChI is InChI=1S/C12H16F3NO3/c1-11(7-17,8-18)6-16-9-4-2-3-5-10(9)19-12(13,14)15/h2-5,16-18H,6-8H2,1H3. The molecule has 19 heavy (non-hydrogen) atoms. The van der Waals surface area contributed by atoms with Crippen molar-refractivity contribution in [3.05, 3.63) is 24.3 Å². The molecule has 0 heterocycles. The number of ether oxygens (including phenoxy) is 1. The Morgan fingerprint density at radius 2 is 1.74 bits per heavy atom. The Balaban J connectivity index is 2.78. The zero-order valence-electron chi connectivity index (χ0n) is 10.4. The summed E-state index contributed by atoms with van der Waals surface area (Å²) < 4.78 is 40.5. The van der Waals surface area contributed by atoms with Crippen molar-refractivity contribution in [2.45, 2.75) is 13.3 Å². The molecule has 0 amide bonds. The van der Waals surface area contributed by atoms with Crippen molar-refractivity contribution in [1.29, 1.82) is 0 Å². The number of para-hydroxylation sites is 2. The Morgan fingerprint density at radius 1 is 1.16 bits per heavy atom. The van der Waals surface area contributed by atoms with Crippen LogP contribution in [0.15, 0.2) is 24.3 Å². The average Bonchev–Trinajstić information content (AvgIpc) is 2.35. The predicted octanol–water partition coefficient (Wildman–Crippen LogP) is 1.99. The van der Waals surface area contributed by atoms with Crippen LogP contribution in [0, 0.1) is 5.41 Å². The Labute approximate surface area is 108 Å². The van der Waals surface area contributed by atoms with Crippen molar-refractivity contribution in [1.82, 2.24) is 0 Å². The van der Waals surface area contributed by atoms with Crippen molar-refractivity contribution < 1.29 is 28.1 Å². The zero-order chi connectivity index (χ0) is 14.5. The van der Waals surface area contributed by atoms with Crippen LogP contribution in [-0.4, -0.2) is 36.3 Å². The van der Waals surface area contributed by atoms with Crippen molar-refractivity contribution >= 4 is 5.69 Å². The lowest BCUT2D eigenvalue weighted by molar-refractivity contribution is -0.274. The van der Waals surface area contributed by atoms with Crippen LogP contribution < -0.4 is 10.1 Å². The summed E-state index contributed by atoms with van der Waals surface area (Å²) in [5.74, 6) is -0.353. The van der Waals surface area contributed by atoms with E-state index in [9.17, 15) is 13.2 Å². The number of alkyl halides is 3. The highest BCUT2D eigenvalue weighted by atomic mass is 19.4. The molecule has 1 rings (SSSR count). The van der Waals surface area contributed by atoms with Crippen LogP contribution >= 0.6 is 0 Å². The summed E-state index contributed by atoms with van der Waals surface area (Å²) in [5, 5.41) is 20.9. The van der Waals surface area contributed by atoms with Crippen LogP contribution in [-0.2, 0) is 0 Å². The largest absolute Gasteiger partial charge is 0.573 e. The monoisotopic (exact) mass is 279 g/mol. The third kappa shape index (κ3) is 4.96. The molecule has 0 saturated carbocycles. The minimum absolute atomic E-state index is 0.109. The first-order valence-electron chi connectivity index (χ1n) is 5.60. The van der Waals surface area contributed by atoms with Gasteiger partial charge in [-0.1, -0.05) is 19.1 Å². The van der Waals surface area contributed by atoms with E-state index in [-0.39, 0.29) is 31.2 Å². The SMILES string of the molecule is CC(CO)(CO)CNc1ccccc1OC(F)(F)F. The molecule has 0 bridgehead atoms. The molecule has 3 N–H and O–H groups in total. The zero-order valence-corrected chi connectivity index (χ0v) is 10.4. The molecule has 0 unspecified atom stereocenters. The van der Waals surface area contributed by atoms with Crippen LogP contribution in [0.1, 0.15) is 6.92 Å². The maximum absolute atomic E-state index is 12.2. The van der Waals surface area contributed by atoms with Gasteiger partial charge in [-0.25, -0.2) is 0 Å². The van der Waals surface area contributed by atoms with Gasteiger partial charge in [0.1, 0.15) is 0 Å². The molecule has 0 atom stereocenters. The van der Waals surface area contributed by atoms with E-state index in [4.69, 9.17) is 10.2 Å². The number of rotatable bonds is 6. The molecular weight excluding hydrogens is 263 g/mol. The molecule has 0 aliphatic heterocycles. The molecule has 7 heteroatoms. The van der Waals surface area contributed by atoms with Crippen molar-refractivity contribution in [2.24, 2.45) is 5.41 Å². The highest BCUT2D eigenvalue weighted by Crippen LogP contribution is 2.30. The number of aliphatic hydroxyl groups excluding tert-OH is 2. The van der Waals surface area contributed by atoms with E-state index < -0.39 is 11.8 Å². The Kier molecular flexibility index (Phi) is 5.02. The van der Waals surface area contributed by atoms with Crippen LogP contribution in [0.3, 0.4) is 0 Å². The molecule has 0 aliphatic rings. The quantitative estimate of drug-likeness (QED) is 0.745. The van der Waals surface area contributed by atoms with E-state index in [0.29, 0.717) is 0 Å². The summed E-state index contributed by atoms with van der Waals surface area (Å²) in [6.07, 6.45) is -4.77. The minimum Gasteiger partial charge on any atom is -0.404 e. The van der Waals surface area contributed by atoms with Crippen LogP contribution in [0.25, 0.3) is 0 Å². The highest BCUT2D eigenvalue weighted by molar-refractivity contribution is 5.56. The lowest BCUT2D eigenvalue weighted by atomic mass is 9.93. The van der Waals surface area contributed by atoms with Gasteiger partial charge >= 0.3 is 6.36 Å². The predicted molar refractivity (Wildman–Crippen MR) is 63.9 cm³/mol. The first-order valence-corrected chi connectivity index (χ1v) is 5.60. The fourth-order valence-corrected chi connectivity index (χ4v) is 1.30. The molecule has 0 spiro atoms. The number of hydrogen-bond donors (Lipinski definition) is 3. The fraction of sp³-hybridized carbons (Fsp3) is 0.500. The minimum atomic E-state index is -4.77. The van der Waals surface area contributed by atoms with E-state index >= 15 is 0 Å². The normalized spacial score (nSPS) is 12.3. The summed E-state index contributed by atoms with van der Waals surface area (Å²) in [6.45, 7) is 1.13. The third-order valence-electron chi connectivity index (χ3n) is 2.58. The number of aliphatic hydroxyl groups is 2. The van der Waals surface area contributed by atoms with Crippen molar-refractivity contribution in [2.75, 3.05) is 25.1 Å². The second-order valence-electron chi connectivity index (χ2n) is 4.52. The molecule has 0 aromatic heterocycles. The molecular formula is C12H16F3NO3. The lowest BCUT2D eigenvalue weighted by Crippen LogP contribution is -2.34. The first kappa shape index (κ1) is 15.6. The Bertz CT molecular complexity index is 405. The van der Waals surface area contributed by atoms with E-state index in [1.165, 1.54) is 18.2 Å². The number of halogens is 3. The van der Waals surface area contributed by atoms with Gasteiger partial charge in [0.25, 0.3) is 0 Å². The van der Waals surface area contributed by atoms with Gasteiger partial charge in [-0.05, 0) is 12.1 Å². The molecule has 4 nitrogen and oxygen atoms in total. The van der Waals surface area contributed by atoms with Gasteiger partial charge < -0.3 is 20.3 Å². The average molecular weight is 279 g/mol. The van der Waals surface area contributed by atoms with Crippen molar-refractivity contribution in [3.8, 4) is 5.75 Å². The Hall–Kier alpha value is -1.47. The molecule has 0 radical (unpaired) electrons. The van der Waals surface area contributed by atoms with Gasteiger partial charge in [-0.2, -0.15) is 0 Å². The van der Waals surface area contributed by atoms with E-state index in [0.717, 1.165) is 0 Å². The molecule has 0 aliphatic carbocycles. The maximum Gasteiger partial charge on any atom is 0.573 e. The van der Waals surface area contributed by atoms with Gasteiger partial charge in [-0.3, -0.25) is 0 Å². The lowest BCUT2D eigenvalue weighted by Gasteiger charge is -2.26. The van der Waals surface area contributed by atoms with Gasteiger partial charge in [-0.15, -0.1) is 13.2 Å². The number of nitrogens with one attached hydrogen (secondary N) is 1. The number of hydrogen-bond acceptors (Lipinski definition) is 4. The Morgan fingerprint density at radius 3 is 2.26 bits per heavy atom. The van der Waals surface area contributed by atoms with Crippen LogP contribution in [0.4, 0.5) is 18.9 Å². The summed E-state index contributed by atoms with van der Waals surface area (Å²) in [7, 11) is 0. The van der Waals surface area contributed by atoms with E-state index in [2.05, 4.69) is 10.1 Å². The van der Waals surface area contributed by atoms with E-state index in [1.54, 1.807) is 13.0 Å². The van der Waals surface area contributed by atoms with Crippen LogP contribution in [0.2, 0.25) is 0 Å². The topological polar surface area (TPSA) is 61.7 Å². The summed E-state index contributed by atoms with van der Waals surface area (Å²) in [6, 6.07) is 5.59. The maximum atomic E-state index is 12.2. The second kappa shape index (κ2) is 6.12. The third-order valence-corrected chi connectivity index (χ3v) is 2.58. The molecule has 108 valence electrons. The molecule has 1 aromatic carbocycles. The van der Waals surface area contributed by atoms with Crippen LogP contribution in [0.5, 0.6) is 5.75 Å². The van der Waals surface area contributed by atoms with Gasteiger partial charge in [0.05, 0.1) is 18.9 Å². The summed E-state index contributed by atoms with van der Waals surface area (Å²) >= 11 is 0. The number of benzene rings is 1. The summed E-state index contributed by atoms with van der Waals surface area (Å²) in [4.78, 5) is 0. The highest BCUT2D eigenvalue weighted by Gasteiger charge is 2.32. The fourth-order valence-electron chi connectivity index (χ4n) is 1.30. The van der Waals surface area contributed by atoms with Gasteiger partial charge in [0, 0.05) is 12.0 Å². The van der Waals surface area contributed by atoms with Gasteiger partial charge in [0.2, 0.25) is 0 Å².